The Labute approximate surface area is 118 Å². The second-order valence-corrected chi connectivity index (χ2v) is 6.13. The quantitative estimate of drug-likeness (QED) is 0.533. The summed E-state index contributed by atoms with van der Waals surface area (Å²) in [6, 6.07) is 4.19. The van der Waals surface area contributed by atoms with Crippen molar-refractivity contribution in [2.24, 2.45) is 0 Å². The average molecular weight is 286 g/mol. The van der Waals surface area contributed by atoms with E-state index < -0.39 is 0 Å². The molecule has 0 aliphatic heterocycles. The molecule has 0 aromatic carbocycles. The van der Waals surface area contributed by atoms with E-state index in [1.54, 1.807) is 17.7 Å². The van der Waals surface area contributed by atoms with Gasteiger partial charge in [-0.1, -0.05) is 11.8 Å². The molecule has 94 valence electrons. The van der Waals surface area contributed by atoms with Crippen molar-refractivity contribution < 1.29 is 0 Å². The van der Waals surface area contributed by atoms with Gasteiger partial charge in [-0.25, -0.2) is 15.0 Å². The molecule has 0 bridgehead atoms. The summed E-state index contributed by atoms with van der Waals surface area (Å²) < 4.78 is 1.03. The molecule has 0 aliphatic carbocycles. The van der Waals surface area contributed by atoms with Gasteiger partial charge in [0.2, 0.25) is 0 Å². The van der Waals surface area contributed by atoms with Crippen LogP contribution in [0.1, 0.15) is 11.3 Å². The van der Waals surface area contributed by atoms with Crippen LogP contribution in [0.15, 0.2) is 17.4 Å². The molecular formula is C13H10N4S2. The fourth-order valence-electron chi connectivity index (χ4n) is 2.09. The number of thiophene rings is 1. The van der Waals surface area contributed by atoms with Gasteiger partial charge >= 0.3 is 0 Å². The number of rotatable bonds is 2. The molecule has 4 nitrogen and oxygen atoms in total. The van der Waals surface area contributed by atoms with Crippen LogP contribution < -0.4 is 0 Å². The minimum atomic E-state index is 0.395. The van der Waals surface area contributed by atoms with Crippen LogP contribution in [0, 0.1) is 25.2 Å². The lowest BCUT2D eigenvalue weighted by atomic mass is 10.1. The first kappa shape index (κ1) is 12.3. The Balaban J connectivity index is 2.34. The standard InChI is InChI=1S/C13H10N4S2/c1-7-5-8(2)17-12-9(7)10-11(19-12)13(16-6-15-10)18-4-3-14/h5-6H,4H2,1-2H3. The third-order valence-electron chi connectivity index (χ3n) is 2.79. The van der Waals surface area contributed by atoms with E-state index in [9.17, 15) is 0 Å². The van der Waals surface area contributed by atoms with Crippen LogP contribution in [0.3, 0.4) is 0 Å². The second kappa shape index (κ2) is 4.76. The molecule has 0 N–H and O–H groups in total. The van der Waals surface area contributed by atoms with E-state index in [-0.39, 0.29) is 0 Å². The van der Waals surface area contributed by atoms with E-state index in [1.165, 1.54) is 17.3 Å². The van der Waals surface area contributed by atoms with Crippen molar-refractivity contribution in [1.82, 2.24) is 15.0 Å². The van der Waals surface area contributed by atoms with E-state index in [4.69, 9.17) is 5.26 Å². The molecule has 3 heterocycles. The summed E-state index contributed by atoms with van der Waals surface area (Å²) in [5.41, 5.74) is 3.14. The zero-order chi connectivity index (χ0) is 13.4. The van der Waals surface area contributed by atoms with Crippen molar-refractivity contribution in [3.63, 3.8) is 0 Å². The summed E-state index contributed by atoms with van der Waals surface area (Å²) in [6.45, 7) is 4.07. The van der Waals surface area contributed by atoms with Gasteiger partial charge in [-0.2, -0.15) is 5.26 Å². The molecule has 0 aliphatic rings. The Morgan fingerprint density at radius 3 is 3.00 bits per heavy atom. The minimum absolute atomic E-state index is 0.395. The lowest BCUT2D eigenvalue weighted by molar-refractivity contribution is 1.11. The van der Waals surface area contributed by atoms with Gasteiger partial charge in [0.25, 0.3) is 0 Å². The highest BCUT2D eigenvalue weighted by molar-refractivity contribution is 7.99. The molecule has 0 saturated heterocycles. The Morgan fingerprint density at radius 2 is 2.21 bits per heavy atom. The highest BCUT2D eigenvalue weighted by Gasteiger charge is 2.14. The van der Waals surface area contributed by atoms with Gasteiger partial charge in [0.15, 0.2) is 0 Å². The molecule has 0 atom stereocenters. The maximum Gasteiger partial charge on any atom is 0.126 e. The molecule has 0 unspecified atom stereocenters. The first-order chi connectivity index (χ1) is 9.20. The van der Waals surface area contributed by atoms with E-state index >= 15 is 0 Å². The molecule has 0 saturated carbocycles. The molecule has 3 aromatic rings. The summed E-state index contributed by atoms with van der Waals surface area (Å²) in [7, 11) is 0. The van der Waals surface area contributed by atoms with E-state index in [2.05, 4.69) is 34.0 Å². The monoisotopic (exact) mass is 286 g/mol. The first-order valence-corrected chi connectivity index (χ1v) is 7.52. The van der Waals surface area contributed by atoms with Gasteiger partial charge in [-0.05, 0) is 25.5 Å². The van der Waals surface area contributed by atoms with Crippen LogP contribution in [0.4, 0.5) is 0 Å². The van der Waals surface area contributed by atoms with Crippen molar-refractivity contribution in [2.75, 3.05) is 5.75 Å². The normalized spacial score (nSPS) is 11.0. The van der Waals surface area contributed by atoms with Crippen LogP contribution in [0.2, 0.25) is 0 Å². The number of hydrogen-bond acceptors (Lipinski definition) is 6. The number of nitriles is 1. The number of nitrogens with zero attached hydrogens (tertiary/aromatic N) is 4. The van der Waals surface area contributed by atoms with E-state index in [1.807, 2.05) is 6.92 Å². The van der Waals surface area contributed by atoms with E-state index in [0.29, 0.717) is 5.75 Å². The summed E-state index contributed by atoms with van der Waals surface area (Å²) >= 11 is 3.05. The number of aryl methyl sites for hydroxylation is 2. The molecule has 0 fully saturated rings. The van der Waals surface area contributed by atoms with Crippen molar-refractivity contribution in [1.29, 1.82) is 5.26 Å². The van der Waals surface area contributed by atoms with E-state index in [0.717, 1.165) is 31.2 Å². The van der Waals surface area contributed by atoms with Gasteiger partial charge in [-0.15, -0.1) is 11.3 Å². The molecule has 3 aromatic heterocycles. The molecule has 0 amide bonds. The summed E-state index contributed by atoms with van der Waals surface area (Å²) in [4.78, 5) is 14.2. The number of fused-ring (bicyclic) bond motifs is 3. The maximum atomic E-state index is 8.70. The lowest BCUT2D eigenvalue weighted by Crippen LogP contribution is -1.86. The molecule has 0 radical (unpaired) electrons. The number of aromatic nitrogens is 3. The van der Waals surface area contributed by atoms with Crippen LogP contribution in [0.25, 0.3) is 20.4 Å². The summed E-state index contributed by atoms with van der Waals surface area (Å²) in [5.74, 6) is 0.395. The Morgan fingerprint density at radius 1 is 1.37 bits per heavy atom. The fraction of sp³-hybridized carbons (Fsp3) is 0.231. The van der Waals surface area contributed by atoms with Crippen LogP contribution in [-0.2, 0) is 0 Å². The largest absolute Gasteiger partial charge is 0.242 e. The Bertz CT molecular complexity index is 817. The minimum Gasteiger partial charge on any atom is -0.242 e. The van der Waals surface area contributed by atoms with Crippen molar-refractivity contribution in [3.05, 3.63) is 23.7 Å². The number of thioether (sulfide) groups is 1. The lowest BCUT2D eigenvalue weighted by Gasteiger charge is -1.99. The van der Waals surface area contributed by atoms with Gasteiger partial charge in [0, 0.05) is 11.1 Å². The van der Waals surface area contributed by atoms with Crippen LogP contribution in [0.5, 0.6) is 0 Å². The number of hydrogen-bond donors (Lipinski definition) is 0. The average Bonchev–Trinajstić information content (AvgIpc) is 2.74. The van der Waals surface area contributed by atoms with Crippen molar-refractivity contribution in [2.45, 2.75) is 18.9 Å². The highest BCUT2D eigenvalue weighted by Crippen LogP contribution is 2.37. The van der Waals surface area contributed by atoms with Crippen molar-refractivity contribution in [3.8, 4) is 6.07 Å². The smallest absolute Gasteiger partial charge is 0.126 e. The SMILES string of the molecule is Cc1cc(C)c2c(n1)sc1c(SCC#N)ncnc12. The van der Waals surface area contributed by atoms with Gasteiger partial charge in [-0.3, -0.25) is 0 Å². The second-order valence-electron chi connectivity index (χ2n) is 4.17. The summed E-state index contributed by atoms with van der Waals surface area (Å²) in [5, 5.41) is 10.7. The Kier molecular flexibility index (Phi) is 3.09. The third-order valence-corrected chi connectivity index (χ3v) is 4.86. The van der Waals surface area contributed by atoms with Crippen LogP contribution >= 0.6 is 23.1 Å². The molecule has 0 spiro atoms. The topological polar surface area (TPSA) is 62.5 Å². The predicted octanol–water partition coefficient (Wildman–Crippen LogP) is 3.47. The van der Waals surface area contributed by atoms with Gasteiger partial charge in [0.05, 0.1) is 22.0 Å². The predicted molar refractivity (Wildman–Crippen MR) is 78.5 cm³/mol. The Hall–Kier alpha value is -1.71. The van der Waals surface area contributed by atoms with Crippen LogP contribution in [-0.4, -0.2) is 20.7 Å². The zero-order valence-corrected chi connectivity index (χ0v) is 12.1. The molecule has 19 heavy (non-hydrogen) atoms. The van der Waals surface area contributed by atoms with Crippen molar-refractivity contribution >= 4 is 43.5 Å². The molecule has 6 heteroatoms. The fourth-order valence-corrected chi connectivity index (χ4v) is 4.08. The molecule has 3 rings (SSSR count). The third kappa shape index (κ3) is 2.05. The van der Waals surface area contributed by atoms with Gasteiger partial charge < -0.3 is 0 Å². The zero-order valence-electron chi connectivity index (χ0n) is 10.5. The highest BCUT2D eigenvalue weighted by atomic mass is 32.2. The first-order valence-electron chi connectivity index (χ1n) is 5.72. The maximum absolute atomic E-state index is 8.70. The van der Waals surface area contributed by atoms with Gasteiger partial charge in [0.1, 0.15) is 16.2 Å². The summed E-state index contributed by atoms with van der Waals surface area (Å²) in [6.07, 6.45) is 1.56. The molecular weight excluding hydrogens is 276 g/mol. The number of pyridine rings is 1.